The minimum atomic E-state index is -0.597. The number of hydrogen-bond acceptors (Lipinski definition) is 6. The predicted octanol–water partition coefficient (Wildman–Crippen LogP) is 4.51. The van der Waals surface area contributed by atoms with E-state index in [0.717, 1.165) is 38.2 Å². The number of nitrogens with one attached hydrogen (secondary N) is 2. The Morgan fingerprint density at radius 1 is 1.02 bits per heavy atom. The lowest BCUT2D eigenvalue weighted by Gasteiger charge is -2.34. The lowest BCUT2D eigenvalue weighted by atomic mass is 9.91. The summed E-state index contributed by atoms with van der Waals surface area (Å²) in [6, 6.07) is 9.49. The fourth-order valence-electron chi connectivity index (χ4n) is 5.83. The number of benzene rings is 1. The zero-order chi connectivity index (χ0) is 28.5. The van der Waals surface area contributed by atoms with E-state index < -0.39 is 17.5 Å². The zero-order valence-corrected chi connectivity index (χ0v) is 26.2. The molecule has 0 radical (unpaired) electrons. The number of amides is 3. The molecule has 3 aliphatic rings. The van der Waals surface area contributed by atoms with Gasteiger partial charge in [0.25, 0.3) is 0 Å². The number of rotatable bonds is 10. The average Bonchev–Trinajstić information content (AvgIpc) is 3.44. The monoisotopic (exact) mass is 588 g/mol. The molecule has 3 amide bonds. The van der Waals surface area contributed by atoms with Crippen LogP contribution in [0.15, 0.2) is 30.3 Å². The van der Waals surface area contributed by atoms with Crippen molar-refractivity contribution in [3.05, 3.63) is 35.9 Å². The van der Waals surface area contributed by atoms with Crippen molar-refractivity contribution in [1.82, 2.24) is 20.4 Å². The van der Waals surface area contributed by atoms with Crippen LogP contribution in [0, 0.1) is 11.3 Å². The average molecular weight is 589 g/mol. The number of carbonyl (C=O) groups excluding carboxylic acids is 3. The molecule has 40 heavy (non-hydrogen) atoms. The van der Waals surface area contributed by atoms with Crippen LogP contribution in [0.5, 0.6) is 0 Å². The molecule has 0 aromatic heterocycles. The Balaban J connectivity index is 1.33. The van der Waals surface area contributed by atoms with Gasteiger partial charge in [0.05, 0.1) is 5.88 Å². The molecule has 2 saturated heterocycles. The maximum atomic E-state index is 13.6. The second-order valence-electron chi connectivity index (χ2n) is 12.7. The molecule has 3 fully saturated rings. The number of nitrogens with zero attached hydrogens (tertiary/aromatic N) is 2. The molecule has 4 rings (SSSR count). The third-order valence-corrected chi connectivity index (χ3v) is 10.6. The molecule has 1 aromatic rings. The molecule has 1 unspecified atom stereocenters. The van der Waals surface area contributed by atoms with Crippen LogP contribution in [-0.2, 0) is 20.9 Å². The molecular formula is C31H48N4O3S2. The van der Waals surface area contributed by atoms with Gasteiger partial charge in [-0.25, -0.2) is 0 Å². The highest BCUT2D eigenvalue weighted by Crippen LogP contribution is 2.29. The fraction of sp³-hybridized carbons (Fsp3) is 0.710. The van der Waals surface area contributed by atoms with Crippen LogP contribution in [0.25, 0.3) is 0 Å². The van der Waals surface area contributed by atoms with E-state index >= 15 is 0 Å². The summed E-state index contributed by atoms with van der Waals surface area (Å²) >= 11 is 3.38. The Morgan fingerprint density at radius 2 is 1.73 bits per heavy atom. The topological polar surface area (TPSA) is 81.8 Å². The summed E-state index contributed by atoms with van der Waals surface area (Å²) in [5.41, 5.74) is 0.762. The summed E-state index contributed by atoms with van der Waals surface area (Å²) in [6.45, 7) is 8.47. The van der Waals surface area contributed by atoms with Gasteiger partial charge in [0.2, 0.25) is 17.7 Å². The van der Waals surface area contributed by atoms with E-state index in [9.17, 15) is 14.4 Å². The zero-order valence-electron chi connectivity index (χ0n) is 24.5. The number of carbonyl (C=O) groups is 3. The van der Waals surface area contributed by atoms with Crippen LogP contribution in [0.3, 0.4) is 0 Å². The first-order chi connectivity index (χ1) is 19.2. The largest absolute Gasteiger partial charge is 0.351 e. The van der Waals surface area contributed by atoms with Crippen molar-refractivity contribution in [2.75, 3.05) is 36.2 Å². The van der Waals surface area contributed by atoms with Gasteiger partial charge in [-0.05, 0) is 42.9 Å². The molecule has 1 aliphatic carbocycles. The summed E-state index contributed by atoms with van der Waals surface area (Å²) in [7, 11) is 0. The third-order valence-electron chi connectivity index (χ3n) is 8.27. The lowest BCUT2D eigenvalue weighted by molar-refractivity contribution is -0.144. The number of piperidine rings is 1. The van der Waals surface area contributed by atoms with E-state index in [-0.39, 0.29) is 23.8 Å². The minimum absolute atomic E-state index is 0.0208. The number of hydrogen-bond donors (Lipinski definition) is 2. The minimum Gasteiger partial charge on any atom is -0.351 e. The molecule has 2 heterocycles. The Hall–Kier alpha value is -1.71. The normalized spacial score (nSPS) is 22.2. The van der Waals surface area contributed by atoms with Gasteiger partial charge < -0.3 is 15.5 Å². The first-order valence-electron chi connectivity index (χ1n) is 15.0. The molecule has 0 bridgehead atoms. The van der Waals surface area contributed by atoms with Crippen molar-refractivity contribution in [1.29, 1.82) is 0 Å². The maximum absolute atomic E-state index is 13.6. The molecule has 9 heteroatoms. The summed E-state index contributed by atoms with van der Waals surface area (Å²) < 4.78 is 0. The van der Waals surface area contributed by atoms with Gasteiger partial charge in [-0.2, -0.15) is 11.8 Å². The van der Waals surface area contributed by atoms with E-state index in [1.54, 1.807) is 28.4 Å². The first kappa shape index (κ1) is 31.2. The number of thioether (sulfide) groups is 2. The van der Waals surface area contributed by atoms with Gasteiger partial charge in [0.15, 0.2) is 0 Å². The van der Waals surface area contributed by atoms with Crippen molar-refractivity contribution in [3.63, 3.8) is 0 Å². The van der Waals surface area contributed by atoms with Crippen LogP contribution in [0.2, 0.25) is 0 Å². The van der Waals surface area contributed by atoms with E-state index in [1.807, 2.05) is 26.8 Å². The van der Waals surface area contributed by atoms with Gasteiger partial charge in [-0.15, -0.1) is 11.8 Å². The predicted molar refractivity (Wildman–Crippen MR) is 166 cm³/mol. The Bertz CT molecular complexity index is 973. The van der Waals surface area contributed by atoms with E-state index in [0.29, 0.717) is 23.3 Å². The molecule has 2 N–H and O–H groups in total. The van der Waals surface area contributed by atoms with E-state index in [4.69, 9.17) is 0 Å². The molecular weight excluding hydrogens is 541 g/mol. The second-order valence-corrected chi connectivity index (χ2v) is 14.8. The van der Waals surface area contributed by atoms with Crippen LogP contribution >= 0.6 is 23.5 Å². The van der Waals surface area contributed by atoms with Crippen molar-refractivity contribution < 1.29 is 14.4 Å². The Kier molecular flexibility index (Phi) is 11.7. The summed E-state index contributed by atoms with van der Waals surface area (Å²) in [4.78, 5) is 44.1. The van der Waals surface area contributed by atoms with Crippen LogP contribution < -0.4 is 10.6 Å². The van der Waals surface area contributed by atoms with Crippen molar-refractivity contribution >= 4 is 41.2 Å². The van der Waals surface area contributed by atoms with Crippen LogP contribution in [0.1, 0.15) is 71.3 Å². The summed E-state index contributed by atoms with van der Waals surface area (Å²) in [5.74, 6) is 3.06. The highest BCUT2D eigenvalue weighted by Gasteiger charge is 2.40. The third kappa shape index (κ3) is 9.15. The molecule has 7 nitrogen and oxygen atoms in total. The first-order valence-corrected chi connectivity index (χ1v) is 17.3. The van der Waals surface area contributed by atoms with Gasteiger partial charge >= 0.3 is 0 Å². The van der Waals surface area contributed by atoms with Gasteiger partial charge in [0.1, 0.15) is 12.1 Å². The van der Waals surface area contributed by atoms with Crippen molar-refractivity contribution in [3.8, 4) is 0 Å². The standard InChI is InChI=1S/C31H48N4O3S2/c1-31(2,3)30(38)35-22-40-21-27(35)29(37)33-26(20-39-19-24-12-8-5-9-13-24)28(36)32-25-14-16-34(17-15-25)18-23-10-6-4-7-11-23/h4,6-7,10-11,24-27H,5,8-9,12-22H2,1-3H3,(H,32,36)(H,33,37)/t26?,27-/m0/s1. The van der Waals surface area contributed by atoms with Gasteiger partial charge in [0, 0.05) is 42.6 Å². The fourth-order valence-corrected chi connectivity index (χ4v) is 8.25. The highest BCUT2D eigenvalue weighted by atomic mass is 32.2. The van der Waals surface area contributed by atoms with Gasteiger partial charge in [-0.1, -0.05) is 70.4 Å². The van der Waals surface area contributed by atoms with Crippen molar-refractivity contribution in [2.45, 2.75) is 90.4 Å². The van der Waals surface area contributed by atoms with Crippen molar-refractivity contribution in [2.24, 2.45) is 11.3 Å². The molecule has 2 aliphatic heterocycles. The summed E-state index contributed by atoms with van der Waals surface area (Å²) in [6.07, 6.45) is 8.26. The van der Waals surface area contributed by atoms with E-state index in [1.165, 1.54) is 37.7 Å². The quantitative estimate of drug-likeness (QED) is 0.419. The van der Waals surface area contributed by atoms with Gasteiger partial charge in [-0.3, -0.25) is 19.3 Å². The SMILES string of the molecule is CC(C)(C)C(=O)N1CSC[C@H]1C(=O)NC(CSCC1CCCCC1)C(=O)NC1CCN(Cc2ccccc2)CC1. The van der Waals surface area contributed by atoms with Crippen LogP contribution in [0.4, 0.5) is 0 Å². The number of likely N-dealkylation sites (tertiary alicyclic amines) is 1. The molecule has 1 saturated carbocycles. The maximum Gasteiger partial charge on any atom is 0.244 e. The summed E-state index contributed by atoms with van der Waals surface area (Å²) in [5, 5.41) is 6.34. The molecule has 1 aromatic carbocycles. The van der Waals surface area contributed by atoms with Crippen LogP contribution in [-0.4, -0.2) is 81.9 Å². The Labute approximate surface area is 249 Å². The molecule has 222 valence electrons. The molecule has 0 spiro atoms. The lowest BCUT2D eigenvalue weighted by Crippen LogP contribution is -2.57. The smallest absolute Gasteiger partial charge is 0.244 e. The Morgan fingerprint density at radius 3 is 2.40 bits per heavy atom. The van der Waals surface area contributed by atoms with E-state index in [2.05, 4.69) is 39.8 Å². The second kappa shape index (κ2) is 15.0. The highest BCUT2D eigenvalue weighted by molar-refractivity contribution is 7.99. The molecule has 2 atom stereocenters.